The van der Waals surface area contributed by atoms with Gasteiger partial charge in [0.2, 0.25) is 0 Å². The Labute approximate surface area is 92.7 Å². The molecule has 0 rings (SSSR count). The van der Waals surface area contributed by atoms with Gasteiger partial charge in [-0.05, 0) is 13.8 Å². The second kappa shape index (κ2) is 17.7. The molecule has 0 saturated heterocycles. The van der Waals surface area contributed by atoms with E-state index in [1.165, 1.54) is 0 Å². The monoisotopic (exact) mass is 260 g/mol. The first-order chi connectivity index (χ1) is 5.20. The van der Waals surface area contributed by atoms with Crippen LogP contribution in [0.3, 0.4) is 0 Å². The fourth-order valence-electron chi connectivity index (χ4n) is 0. The van der Waals surface area contributed by atoms with Crippen LogP contribution < -0.4 is 10.2 Å². The molecular weight excluding hydrogens is 250 g/mol. The Kier molecular flexibility index (Phi) is 31.3. The summed E-state index contributed by atoms with van der Waals surface area (Å²) in [7, 11) is -0.611. The average molecular weight is 262 g/mol. The van der Waals surface area contributed by atoms with E-state index in [1.807, 2.05) is 0 Å². The van der Waals surface area contributed by atoms with Gasteiger partial charge in [-0.2, -0.15) is 0 Å². The standard InChI is InChI=1S/2C2H4O2.C2H6OS.Zn/c2*1-2(3)4;1-4(2)3;/h2*1H3,(H,3,4);1-2H3;/q;;;+2/p-2. The van der Waals surface area contributed by atoms with E-state index in [-0.39, 0.29) is 19.5 Å². The summed E-state index contributed by atoms with van der Waals surface area (Å²) in [4.78, 5) is 17.8. The fourth-order valence-corrected chi connectivity index (χ4v) is 0. The van der Waals surface area contributed by atoms with Crippen molar-refractivity contribution >= 4 is 22.7 Å². The number of hydrogen-bond acceptors (Lipinski definition) is 5. The van der Waals surface area contributed by atoms with E-state index in [1.54, 1.807) is 12.5 Å². The van der Waals surface area contributed by atoms with Gasteiger partial charge in [-0.25, -0.2) is 0 Å². The SMILES string of the molecule is CC(=O)[O-].CC(=O)[O-].CS(C)=O.[Zn+2]. The van der Waals surface area contributed by atoms with Crippen LogP contribution in [-0.4, -0.2) is 28.7 Å². The molecule has 74 valence electrons. The van der Waals surface area contributed by atoms with Crippen molar-refractivity contribution in [3.8, 4) is 0 Å². The van der Waals surface area contributed by atoms with Crippen molar-refractivity contribution in [3.05, 3.63) is 0 Å². The maximum atomic E-state index is 9.56. The second-order valence-corrected chi connectivity index (χ2v) is 3.21. The van der Waals surface area contributed by atoms with Crippen LogP contribution in [0.2, 0.25) is 0 Å². The number of hydrogen-bond donors (Lipinski definition) is 0. The van der Waals surface area contributed by atoms with Gasteiger partial charge in [0.25, 0.3) is 0 Å². The summed E-state index contributed by atoms with van der Waals surface area (Å²) >= 11 is 0. The zero-order valence-electron chi connectivity index (χ0n) is 8.16. The number of carbonyl (C=O) groups excluding carboxylic acids is 2. The maximum Gasteiger partial charge on any atom is 2.00 e. The van der Waals surface area contributed by atoms with Gasteiger partial charge in [0.1, 0.15) is 0 Å². The summed E-state index contributed by atoms with van der Waals surface area (Å²) < 4.78 is 9.56. The van der Waals surface area contributed by atoms with Gasteiger partial charge in [-0.1, -0.05) is 0 Å². The zero-order chi connectivity index (χ0) is 10.7. The number of carboxylic acid groups (broad SMARTS) is 2. The summed E-state index contributed by atoms with van der Waals surface area (Å²) in [6.07, 6.45) is 3.28. The Morgan fingerprint density at radius 3 is 1.00 bits per heavy atom. The maximum absolute atomic E-state index is 9.56. The van der Waals surface area contributed by atoms with E-state index < -0.39 is 22.7 Å². The third kappa shape index (κ3) is 13500. The Morgan fingerprint density at radius 1 is 1.00 bits per heavy atom. The molecular formula is C6H12O5SZn. The molecule has 0 aliphatic carbocycles. The first kappa shape index (κ1) is 23.0. The van der Waals surface area contributed by atoms with E-state index >= 15 is 0 Å². The first-order valence-electron chi connectivity index (χ1n) is 2.80. The average Bonchev–Trinajstić information content (AvgIpc) is 1.54. The Balaban J connectivity index is -0.0000000450. The molecule has 0 aromatic rings. The molecule has 0 amide bonds. The third-order valence-electron chi connectivity index (χ3n) is 0. The smallest absolute Gasteiger partial charge is 0.550 e. The van der Waals surface area contributed by atoms with Crippen molar-refractivity contribution in [3.63, 3.8) is 0 Å². The van der Waals surface area contributed by atoms with Crippen molar-refractivity contribution in [2.45, 2.75) is 13.8 Å². The minimum atomic E-state index is -1.08. The molecule has 0 aromatic heterocycles. The molecule has 5 nitrogen and oxygen atoms in total. The van der Waals surface area contributed by atoms with Crippen molar-refractivity contribution in [2.24, 2.45) is 0 Å². The molecule has 0 aromatic carbocycles. The van der Waals surface area contributed by atoms with Crippen molar-refractivity contribution in [1.82, 2.24) is 0 Å². The van der Waals surface area contributed by atoms with Crippen LogP contribution in [0, 0.1) is 0 Å². The molecule has 0 fully saturated rings. The summed E-state index contributed by atoms with van der Waals surface area (Å²) in [5.74, 6) is -2.17. The van der Waals surface area contributed by atoms with Gasteiger partial charge in [0.05, 0.1) is 0 Å². The van der Waals surface area contributed by atoms with Crippen LogP contribution in [0.25, 0.3) is 0 Å². The van der Waals surface area contributed by atoms with E-state index in [9.17, 15) is 4.21 Å². The largest absolute Gasteiger partial charge is 2.00 e. The third-order valence-corrected chi connectivity index (χ3v) is 0. The normalized spacial score (nSPS) is 6.54. The quantitative estimate of drug-likeness (QED) is 0.449. The predicted octanol–water partition coefficient (Wildman–Crippen LogP) is -2.50. The van der Waals surface area contributed by atoms with E-state index in [4.69, 9.17) is 19.8 Å². The zero-order valence-corrected chi connectivity index (χ0v) is 11.9. The van der Waals surface area contributed by atoms with Gasteiger partial charge in [-0.15, -0.1) is 0 Å². The molecule has 0 aliphatic rings. The molecule has 0 unspecified atom stereocenters. The van der Waals surface area contributed by atoms with Gasteiger partial charge >= 0.3 is 19.5 Å². The molecule has 0 heterocycles. The minimum Gasteiger partial charge on any atom is -0.550 e. The molecule has 0 atom stereocenters. The van der Waals surface area contributed by atoms with Crippen molar-refractivity contribution in [1.29, 1.82) is 0 Å². The summed E-state index contributed by atoms with van der Waals surface area (Å²) in [6.45, 7) is 1.94. The van der Waals surface area contributed by atoms with Crippen molar-refractivity contribution < 1.29 is 43.5 Å². The van der Waals surface area contributed by atoms with E-state index in [2.05, 4.69) is 0 Å². The van der Waals surface area contributed by atoms with E-state index in [0.717, 1.165) is 13.8 Å². The molecule has 0 aliphatic heterocycles. The Hall–Kier alpha value is -0.287. The van der Waals surface area contributed by atoms with Gasteiger partial charge in [0.15, 0.2) is 0 Å². The van der Waals surface area contributed by atoms with Gasteiger partial charge in [0, 0.05) is 35.2 Å². The van der Waals surface area contributed by atoms with E-state index in [0.29, 0.717) is 0 Å². The topological polar surface area (TPSA) is 97.3 Å². The van der Waals surface area contributed by atoms with Crippen LogP contribution in [0.1, 0.15) is 13.8 Å². The number of carboxylic acids is 2. The minimum absolute atomic E-state index is 0. The fraction of sp³-hybridized carbons (Fsp3) is 0.667. The molecule has 13 heavy (non-hydrogen) atoms. The molecule has 0 N–H and O–H groups in total. The molecule has 0 bridgehead atoms. The summed E-state index contributed by atoms with van der Waals surface area (Å²) in [5.41, 5.74) is 0. The van der Waals surface area contributed by atoms with Crippen molar-refractivity contribution in [2.75, 3.05) is 12.5 Å². The Bertz CT molecular complexity index is 119. The molecule has 7 heteroatoms. The van der Waals surface area contributed by atoms with Crippen LogP contribution >= 0.6 is 0 Å². The van der Waals surface area contributed by atoms with Crippen LogP contribution in [0.5, 0.6) is 0 Å². The van der Waals surface area contributed by atoms with Gasteiger partial charge in [-0.3, -0.25) is 4.21 Å². The Morgan fingerprint density at radius 2 is 1.00 bits per heavy atom. The molecule has 0 spiro atoms. The summed E-state index contributed by atoms with van der Waals surface area (Å²) in [5, 5.41) is 17.8. The molecule has 0 radical (unpaired) electrons. The predicted molar refractivity (Wildman–Crippen MR) is 41.4 cm³/mol. The number of rotatable bonds is 0. The number of aliphatic carboxylic acids is 2. The summed E-state index contributed by atoms with van der Waals surface area (Å²) in [6, 6.07) is 0. The second-order valence-electron chi connectivity index (χ2n) is 1.72. The van der Waals surface area contributed by atoms with Gasteiger partial charge < -0.3 is 19.8 Å². The molecule has 0 saturated carbocycles. The van der Waals surface area contributed by atoms with Crippen LogP contribution in [0.4, 0.5) is 0 Å². The van der Waals surface area contributed by atoms with Crippen LogP contribution in [-0.2, 0) is 39.9 Å². The number of carbonyl (C=O) groups is 2. The van der Waals surface area contributed by atoms with Crippen LogP contribution in [0.15, 0.2) is 0 Å². The first-order valence-corrected chi connectivity index (χ1v) is 4.77.